The molecule has 1 saturated heterocycles. The highest BCUT2D eigenvalue weighted by Crippen LogP contribution is 2.24. The average molecular weight is 448 g/mol. The van der Waals surface area contributed by atoms with Gasteiger partial charge < -0.3 is 20.3 Å². The first kappa shape index (κ1) is 22.1. The van der Waals surface area contributed by atoms with Gasteiger partial charge in [0.25, 0.3) is 0 Å². The number of anilines is 3. The summed E-state index contributed by atoms with van der Waals surface area (Å²) < 4.78 is 18.3. The van der Waals surface area contributed by atoms with Gasteiger partial charge in [0.05, 0.1) is 7.11 Å². The molecule has 0 bridgehead atoms. The Morgan fingerprint density at radius 1 is 0.970 bits per heavy atom. The normalized spacial score (nSPS) is 13.6. The highest BCUT2D eigenvalue weighted by molar-refractivity contribution is 6.00. The number of carbonyl (C=O) groups excluding carboxylic acids is 2. The molecular weight excluding hydrogens is 423 g/mol. The molecule has 0 saturated carbocycles. The number of nitrogens with one attached hydrogen (secondary N) is 2. The van der Waals surface area contributed by atoms with Crippen molar-refractivity contribution in [3.63, 3.8) is 0 Å². The number of nitrogens with zero attached hydrogens (tertiary/aromatic N) is 2. The van der Waals surface area contributed by atoms with Crippen LogP contribution in [-0.4, -0.2) is 37.2 Å². The Bertz CT molecular complexity index is 1120. The molecule has 170 valence electrons. The van der Waals surface area contributed by atoms with E-state index in [0.29, 0.717) is 36.8 Å². The Morgan fingerprint density at radius 2 is 1.70 bits per heavy atom. The van der Waals surface area contributed by atoms with E-state index in [9.17, 15) is 14.0 Å². The number of amides is 4. The van der Waals surface area contributed by atoms with Crippen molar-refractivity contribution in [3.8, 4) is 5.75 Å². The first-order chi connectivity index (χ1) is 16.0. The van der Waals surface area contributed by atoms with E-state index in [1.807, 2.05) is 0 Å². The van der Waals surface area contributed by atoms with Crippen molar-refractivity contribution in [2.24, 2.45) is 0 Å². The van der Waals surface area contributed by atoms with E-state index in [4.69, 9.17) is 4.74 Å². The molecular formula is C25H25FN4O3. The second-order valence-electron chi connectivity index (χ2n) is 7.69. The zero-order valence-corrected chi connectivity index (χ0v) is 18.3. The minimum Gasteiger partial charge on any atom is -0.497 e. The average Bonchev–Trinajstić information content (AvgIpc) is 2.82. The smallest absolute Gasteiger partial charge is 0.324 e. The summed E-state index contributed by atoms with van der Waals surface area (Å²) in [4.78, 5) is 28.8. The SMILES string of the molecule is COc1cccc(NC(=O)Nc2ccc(N3CCCN(Cc4ccc(F)cc4)C3=O)cc2)c1. The number of ether oxygens (including phenoxy) is 1. The fourth-order valence-electron chi connectivity index (χ4n) is 3.70. The lowest BCUT2D eigenvalue weighted by atomic mass is 10.1. The van der Waals surface area contributed by atoms with Crippen LogP contribution in [0.5, 0.6) is 5.75 Å². The van der Waals surface area contributed by atoms with Crippen molar-refractivity contribution in [2.75, 3.05) is 35.7 Å². The lowest BCUT2D eigenvalue weighted by Gasteiger charge is -2.35. The van der Waals surface area contributed by atoms with Crippen LogP contribution >= 0.6 is 0 Å². The summed E-state index contributed by atoms with van der Waals surface area (Å²) in [6, 6.07) is 19.9. The van der Waals surface area contributed by atoms with Gasteiger partial charge in [-0.25, -0.2) is 14.0 Å². The third kappa shape index (κ3) is 5.60. The van der Waals surface area contributed by atoms with Crippen LogP contribution in [0.1, 0.15) is 12.0 Å². The molecule has 4 amide bonds. The summed E-state index contributed by atoms with van der Waals surface area (Å²) in [6.45, 7) is 1.69. The molecule has 1 aliphatic heterocycles. The van der Waals surface area contributed by atoms with Crippen molar-refractivity contribution in [1.29, 1.82) is 0 Å². The molecule has 0 radical (unpaired) electrons. The molecule has 8 heteroatoms. The third-order valence-electron chi connectivity index (χ3n) is 5.36. The van der Waals surface area contributed by atoms with Gasteiger partial charge in [0.15, 0.2) is 0 Å². The summed E-state index contributed by atoms with van der Waals surface area (Å²) in [6.07, 6.45) is 0.829. The third-order valence-corrected chi connectivity index (χ3v) is 5.36. The number of methoxy groups -OCH3 is 1. The minimum absolute atomic E-state index is 0.0953. The maximum Gasteiger partial charge on any atom is 0.324 e. The van der Waals surface area contributed by atoms with Crippen LogP contribution in [0.3, 0.4) is 0 Å². The predicted octanol–water partition coefficient (Wildman–Crippen LogP) is 5.31. The number of benzene rings is 3. The number of carbonyl (C=O) groups is 2. The van der Waals surface area contributed by atoms with Gasteiger partial charge in [-0.3, -0.25) is 4.90 Å². The number of hydrogen-bond donors (Lipinski definition) is 2. The summed E-state index contributed by atoms with van der Waals surface area (Å²) in [5.41, 5.74) is 2.85. The number of hydrogen-bond acceptors (Lipinski definition) is 3. The van der Waals surface area contributed by atoms with Crippen molar-refractivity contribution >= 4 is 29.1 Å². The van der Waals surface area contributed by atoms with Crippen molar-refractivity contribution in [2.45, 2.75) is 13.0 Å². The maximum absolute atomic E-state index is 13.2. The van der Waals surface area contributed by atoms with E-state index in [1.54, 1.807) is 77.6 Å². The monoisotopic (exact) mass is 448 g/mol. The standard InChI is InChI=1S/C25H25FN4O3/c1-33-23-5-2-4-21(16-23)28-24(31)27-20-10-12-22(13-11-20)30-15-3-14-29(25(30)32)17-18-6-8-19(26)9-7-18/h2,4-13,16H,3,14-15,17H2,1H3,(H2,27,28,31). The Morgan fingerprint density at radius 3 is 2.42 bits per heavy atom. The highest BCUT2D eigenvalue weighted by atomic mass is 19.1. The summed E-state index contributed by atoms with van der Waals surface area (Å²) in [5.74, 6) is 0.355. The van der Waals surface area contributed by atoms with Crippen molar-refractivity contribution < 1.29 is 18.7 Å². The quantitative estimate of drug-likeness (QED) is 0.537. The second-order valence-corrected chi connectivity index (χ2v) is 7.69. The Hall–Kier alpha value is -4.07. The molecule has 0 aliphatic carbocycles. The molecule has 4 rings (SSSR count). The van der Waals surface area contributed by atoms with E-state index in [-0.39, 0.29) is 17.9 Å². The summed E-state index contributed by atoms with van der Waals surface area (Å²) in [7, 11) is 1.57. The van der Waals surface area contributed by atoms with Crippen LogP contribution in [0.4, 0.5) is 31.0 Å². The molecule has 1 aliphatic rings. The van der Waals surface area contributed by atoms with Crippen molar-refractivity contribution in [3.05, 3.63) is 84.2 Å². The lowest BCUT2D eigenvalue weighted by molar-refractivity contribution is 0.192. The van der Waals surface area contributed by atoms with Gasteiger partial charge in [-0.15, -0.1) is 0 Å². The molecule has 0 atom stereocenters. The first-order valence-electron chi connectivity index (χ1n) is 10.6. The fraction of sp³-hybridized carbons (Fsp3) is 0.200. The van der Waals surface area contributed by atoms with Gasteiger partial charge in [-0.2, -0.15) is 0 Å². The van der Waals surface area contributed by atoms with Crippen LogP contribution in [0.15, 0.2) is 72.8 Å². The number of urea groups is 2. The highest BCUT2D eigenvalue weighted by Gasteiger charge is 2.26. The lowest BCUT2D eigenvalue weighted by Crippen LogP contribution is -2.49. The zero-order valence-electron chi connectivity index (χ0n) is 18.3. The Labute approximate surface area is 191 Å². The predicted molar refractivity (Wildman–Crippen MR) is 126 cm³/mol. The zero-order chi connectivity index (χ0) is 23.2. The molecule has 3 aromatic rings. The van der Waals surface area contributed by atoms with Gasteiger partial charge >= 0.3 is 12.1 Å². The molecule has 0 unspecified atom stereocenters. The van der Waals surface area contributed by atoms with E-state index < -0.39 is 0 Å². The number of rotatable bonds is 6. The fourth-order valence-corrected chi connectivity index (χ4v) is 3.70. The molecule has 1 heterocycles. The molecule has 0 spiro atoms. The molecule has 2 N–H and O–H groups in total. The Balaban J connectivity index is 1.37. The van der Waals surface area contributed by atoms with Gasteiger partial charge in [-0.05, 0) is 60.5 Å². The molecule has 7 nitrogen and oxygen atoms in total. The molecule has 33 heavy (non-hydrogen) atoms. The summed E-state index contributed by atoms with van der Waals surface area (Å²) >= 11 is 0. The number of halogens is 1. The first-order valence-corrected chi connectivity index (χ1v) is 10.6. The maximum atomic E-state index is 13.2. The second kappa shape index (κ2) is 10.0. The van der Waals surface area contributed by atoms with Gasteiger partial charge in [0, 0.05) is 42.8 Å². The van der Waals surface area contributed by atoms with Gasteiger partial charge in [-0.1, -0.05) is 18.2 Å². The van der Waals surface area contributed by atoms with Crippen LogP contribution in [-0.2, 0) is 6.54 Å². The summed E-state index contributed by atoms with van der Waals surface area (Å²) in [5, 5.41) is 5.54. The van der Waals surface area contributed by atoms with Crippen molar-refractivity contribution in [1.82, 2.24) is 4.90 Å². The van der Waals surface area contributed by atoms with E-state index in [2.05, 4.69) is 10.6 Å². The molecule has 3 aromatic carbocycles. The molecule has 1 fully saturated rings. The van der Waals surface area contributed by atoms with Gasteiger partial charge in [0.1, 0.15) is 11.6 Å². The van der Waals surface area contributed by atoms with E-state index in [0.717, 1.165) is 17.7 Å². The molecule has 0 aromatic heterocycles. The largest absolute Gasteiger partial charge is 0.497 e. The Kier molecular flexibility index (Phi) is 6.73. The van der Waals surface area contributed by atoms with Crippen LogP contribution in [0.2, 0.25) is 0 Å². The van der Waals surface area contributed by atoms with Gasteiger partial charge in [0.2, 0.25) is 0 Å². The van der Waals surface area contributed by atoms with E-state index >= 15 is 0 Å². The van der Waals surface area contributed by atoms with Crippen LogP contribution in [0.25, 0.3) is 0 Å². The van der Waals surface area contributed by atoms with E-state index in [1.165, 1.54) is 12.1 Å². The van der Waals surface area contributed by atoms with Crippen LogP contribution in [0, 0.1) is 5.82 Å². The van der Waals surface area contributed by atoms with Crippen LogP contribution < -0.4 is 20.3 Å². The minimum atomic E-state index is -0.379. The topological polar surface area (TPSA) is 73.9 Å².